The lowest BCUT2D eigenvalue weighted by atomic mass is 10.2. The zero-order valence-electron chi connectivity index (χ0n) is 11.1. The molecule has 3 rings (SSSR count). The largest absolute Gasteiger partial charge is 0.380 e. The maximum atomic E-state index is 5.92. The van der Waals surface area contributed by atoms with Crippen LogP contribution in [0.25, 0.3) is 0 Å². The Kier molecular flexibility index (Phi) is 4.45. The maximum Gasteiger partial charge on any atom is 0.0931 e. The summed E-state index contributed by atoms with van der Waals surface area (Å²) < 4.78 is 6.21. The van der Waals surface area contributed by atoms with Crippen LogP contribution < -0.4 is 10.2 Å². The number of nitrogens with zero attached hydrogens (tertiary/aromatic N) is 1. The number of thiophene rings is 1. The molecule has 1 aliphatic heterocycles. The Morgan fingerprint density at radius 1 is 1.10 bits per heavy atom. The summed E-state index contributed by atoms with van der Waals surface area (Å²) >= 11 is 7.54. The number of hydrogen-bond acceptors (Lipinski definition) is 4. The fraction of sp³-hybridized carbons (Fsp3) is 0.333. The quantitative estimate of drug-likeness (QED) is 0.928. The van der Waals surface area contributed by atoms with Crippen LogP contribution in [-0.4, -0.2) is 26.3 Å². The third-order valence-electron chi connectivity index (χ3n) is 3.34. The summed E-state index contributed by atoms with van der Waals surface area (Å²) in [5, 5.41) is 3.41. The fourth-order valence-electron chi connectivity index (χ4n) is 2.25. The van der Waals surface area contributed by atoms with Crippen molar-refractivity contribution >= 4 is 34.3 Å². The molecule has 1 N–H and O–H groups in total. The highest BCUT2D eigenvalue weighted by molar-refractivity contribution is 7.16. The van der Waals surface area contributed by atoms with Crippen LogP contribution in [-0.2, 0) is 11.3 Å². The number of nitrogens with one attached hydrogen (secondary N) is 1. The molecule has 1 fully saturated rings. The molecule has 2 aromatic rings. The van der Waals surface area contributed by atoms with Gasteiger partial charge in [0, 0.05) is 35.9 Å². The minimum Gasteiger partial charge on any atom is -0.380 e. The van der Waals surface area contributed by atoms with Crippen molar-refractivity contribution in [3.63, 3.8) is 0 Å². The van der Waals surface area contributed by atoms with Crippen molar-refractivity contribution < 1.29 is 4.74 Å². The maximum absolute atomic E-state index is 5.92. The second-order valence-corrected chi connectivity index (χ2v) is 6.51. The van der Waals surface area contributed by atoms with Crippen LogP contribution in [0.2, 0.25) is 4.34 Å². The van der Waals surface area contributed by atoms with Gasteiger partial charge in [0.2, 0.25) is 0 Å². The number of ether oxygens (including phenoxy) is 1. The average Bonchev–Trinajstić information content (AvgIpc) is 2.92. The second-order valence-electron chi connectivity index (χ2n) is 4.71. The van der Waals surface area contributed by atoms with Crippen molar-refractivity contribution in [2.45, 2.75) is 6.54 Å². The van der Waals surface area contributed by atoms with Gasteiger partial charge in [-0.25, -0.2) is 0 Å². The zero-order valence-corrected chi connectivity index (χ0v) is 12.7. The Morgan fingerprint density at radius 2 is 1.85 bits per heavy atom. The molecule has 0 atom stereocenters. The summed E-state index contributed by atoms with van der Waals surface area (Å²) in [5.74, 6) is 0. The molecular formula is C15H17ClN2OS. The Hall–Kier alpha value is -1.23. The van der Waals surface area contributed by atoms with E-state index in [2.05, 4.69) is 40.5 Å². The second kappa shape index (κ2) is 6.48. The van der Waals surface area contributed by atoms with Gasteiger partial charge in [-0.15, -0.1) is 11.3 Å². The van der Waals surface area contributed by atoms with E-state index in [-0.39, 0.29) is 0 Å². The molecule has 0 radical (unpaired) electrons. The number of halogens is 1. The number of anilines is 2. The van der Waals surface area contributed by atoms with Gasteiger partial charge < -0.3 is 15.0 Å². The van der Waals surface area contributed by atoms with Crippen LogP contribution in [0.3, 0.4) is 0 Å². The summed E-state index contributed by atoms with van der Waals surface area (Å²) in [6, 6.07) is 12.6. The van der Waals surface area contributed by atoms with E-state index in [1.807, 2.05) is 6.07 Å². The Bertz CT molecular complexity index is 549. The van der Waals surface area contributed by atoms with Gasteiger partial charge in [-0.1, -0.05) is 11.6 Å². The van der Waals surface area contributed by atoms with Gasteiger partial charge >= 0.3 is 0 Å². The lowest BCUT2D eigenvalue weighted by Gasteiger charge is -2.28. The van der Waals surface area contributed by atoms with E-state index in [0.717, 1.165) is 42.9 Å². The van der Waals surface area contributed by atoms with E-state index in [9.17, 15) is 0 Å². The molecule has 0 amide bonds. The van der Waals surface area contributed by atoms with Gasteiger partial charge in [-0.05, 0) is 36.4 Å². The molecule has 5 heteroatoms. The predicted octanol–water partition coefficient (Wildman–Crippen LogP) is 3.85. The van der Waals surface area contributed by atoms with Crippen LogP contribution in [0.5, 0.6) is 0 Å². The van der Waals surface area contributed by atoms with E-state index in [4.69, 9.17) is 16.3 Å². The highest BCUT2D eigenvalue weighted by Gasteiger charge is 2.10. The Labute approximate surface area is 128 Å². The average molecular weight is 309 g/mol. The molecule has 106 valence electrons. The molecule has 0 spiro atoms. The summed E-state index contributed by atoms with van der Waals surface area (Å²) in [4.78, 5) is 3.60. The van der Waals surface area contributed by atoms with E-state index < -0.39 is 0 Å². The van der Waals surface area contributed by atoms with E-state index in [1.165, 1.54) is 10.6 Å². The van der Waals surface area contributed by atoms with Crippen LogP contribution in [0.4, 0.5) is 11.4 Å². The standard InChI is InChI=1S/C15H17ClN2OS/c16-15-6-5-14(20-15)11-17-12-1-3-13(4-2-12)18-7-9-19-10-8-18/h1-6,17H,7-11H2. The normalized spacial score (nSPS) is 15.3. The zero-order chi connectivity index (χ0) is 13.8. The van der Waals surface area contributed by atoms with Gasteiger partial charge in [0.1, 0.15) is 0 Å². The van der Waals surface area contributed by atoms with Crippen molar-refractivity contribution in [3.05, 3.63) is 45.6 Å². The first-order valence-electron chi connectivity index (χ1n) is 6.72. The highest BCUT2D eigenvalue weighted by Crippen LogP contribution is 2.23. The Morgan fingerprint density at radius 3 is 2.50 bits per heavy atom. The number of benzene rings is 1. The monoisotopic (exact) mass is 308 g/mol. The first kappa shape index (κ1) is 13.7. The molecule has 1 saturated heterocycles. The molecule has 20 heavy (non-hydrogen) atoms. The molecule has 0 saturated carbocycles. The van der Waals surface area contributed by atoms with E-state index in [0.29, 0.717) is 0 Å². The van der Waals surface area contributed by atoms with Gasteiger partial charge in [-0.3, -0.25) is 0 Å². The highest BCUT2D eigenvalue weighted by atomic mass is 35.5. The molecule has 0 unspecified atom stereocenters. The molecule has 1 aromatic heterocycles. The van der Waals surface area contributed by atoms with Crippen molar-refractivity contribution in [2.24, 2.45) is 0 Å². The van der Waals surface area contributed by atoms with Crippen LogP contribution >= 0.6 is 22.9 Å². The van der Waals surface area contributed by atoms with Crippen molar-refractivity contribution in [1.29, 1.82) is 0 Å². The first-order chi connectivity index (χ1) is 9.81. The fourth-order valence-corrected chi connectivity index (χ4v) is 3.27. The SMILES string of the molecule is Clc1ccc(CNc2ccc(N3CCOCC3)cc2)s1. The van der Waals surface area contributed by atoms with Gasteiger partial charge in [0.05, 0.1) is 17.6 Å². The summed E-state index contributed by atoms with van der Waals surface area (Å²) in [6.45, 7) is 4.40. The smallest absolute Gasteiger partial charge is 0.0931 e. The summed E-state index contributed by atoms with van der Waals surface area (Å²) in [5.41, 5.74) is 2.39. The van der Waals surface area contributed by atoms with Crippen LogP contribution in [0, 0.1) is 0 Å². The number of rotatable bonds is 4. The summed E-state index contributed by atoms with van der Waals surface area (Å²) in [7, 11) is 0. The first-order valence-corrected chi connectivity index (χ1v) is 7.91. The van der Waals surface area contributed by atoms with Gasteiger partial charge in [0.15, 0.2) is 0 Å². The number of morpholine rings is 1. The van der Waals surface area contributed by atoms with Gasteiger partial charge in [-0.2, -0.15) is 0 Å². The minimum absolute atomic E-state index is 0.814. The van der Waals surface area contributed by atoms with Crippen LogP contribution in [0.15, 0.2) is 36.4 Å². The van der Waals surface area contributed by atoms with Crippen molar-refractivity contribution in [2.75, 3.05) is 36.5 Å². The lowest BCUT2D eigenvalue weighted by Crippen LogP contribution is -2.36. The molecule has 0 aliphatic carbocycles. The molecule has 1 aliphatic rings. The third-order valence-corrected chi connectivity index (χ3v) is 4.57. The molecule has 3 nitrogen and oxygen atoms in total. The van der Waals surface area contributed by atoms with Crippen LogP contribution in [0.1, 0.15) is 4.88 Å². The van der Waals surface area contributed by atoms with E-state index in [1.54, 1.807) is 11.3 Å². The Balaban J connectivity index is 1.58. The lowest BCUT2D eigenvalue weighted by molar-refractivity contribution is 0.122. The predicted molar refractivity (Wildman–Crippen MR) is 86.1 cm³/mol. The molecular weight excluding hydrogens is 292 g/mol. The minimum atomic E-state index is 0.814. The van der Waals surface area contributed by atoms with Gasteiger partial charge in [0.25, 0.3) is 0 Å². The molecule has 1 aromatic carbocycles. The third kappa shape index (κ3) is 3.45. The topological polar surface area (TPSA) is 24.5 Å². The van der Waals surface area contributed by atoms with Crippen molar-refractivity contribution in [1.82, 2.24) is 0 Å². The number of hydrogen-bond donors (Lipinski definition) is 1. The van der Waals surface area contributed by atoms with E-state index >= 15 is 0 Å². The molecule has 0 bridgehead atoms. The van der Waals surface area contributed by atoms with Crippen molar-refractivity contribution in [3.8, 4) is 0 Å². The molecule has 2 heterocycles. The summed E-state index contributed by atoms with van der Waals surface area (Å²) in [6.07, 6.45) is 0.